The predicted molar refractivity (Wildman–Crippen MR) is 110 cm³/mol. The van der Waals surface area contributed by atoms with Gasteiger partial charge in [0.15, 0.2) is 5.82 Å². The minimum Gasteiger partial charge on any atom is -0.406 e. The largest absolute Gasteiger partial charge is 0.573 e. The summed E-state index contributed by atoms with van der Waals surface area (Å²) >= 11 is 0.750. The predicted octanol–water partition coefficient (Wildman–Crippen LogP) is 3.94. The third-order valence-corrected chi connectivity index (χ3v) is 2.86. The molecular weight excluding hydrogens is 435 g/mol. The summed E-state index contributed by atoms with van der Waals surface area (Å²) in [4.78, 5) is 4.19. The lowest BCUT2D eigenvalue weighted by Gasteiger charge is -2.09. The Morgan fingerprint density at radius 1 is 0.903 bits per heavy atom. The molecule has 0 radical (unpaired) electrons. The molecule has 0 saturated heterocycles. The van der Waals surface area contributed by atoms with Gasteiger partial charge >= 0.3 is 6.36 Å². The topological polar surface area (TPSA) is 187 Å². The van der Waals surface area contributed by atoms with Crippen molar-refractivity contribution in [1.29, 1.82) is 21.6 Å². The lowest BCUT2D eigenvalue weighted by atomic mass is 10.2. The minimum absolute atomic E-state index is 0.278. The van der Waals surface area contributed by atoms with Crippen molar-refractivity contribution in [2.24, 2.45) is 10.3 Å². The van der Waals surface area contributed by atoms with Gasteiger partial charge in [0.2, 0.25) is 0 Å². The zero-order chi connectivity index (χ0) is 23.7. The van der Waals surface area contributed by atoms with Crippen LogP contribution in [0.1, 0.15) is 0 Å². The number of hydrogen-bond acceptors (Lipinski definition) is 10. The van der Waals surface area contributed by atoms with Gasteiger partial charge in [-0.3, -0.25) is 10.3 Å². The van der Waals surface area contributed by atoms with E-state index >= 15 is 0 Å². The molecule has 0 saturated carbocycles. The van der Waals surface area contributed by atoms with Crippen LogP contribution in [-0.4, -0.2) is 33.1 Å². The van der Waals surface area contributed by atoms with Crippen LogP contribution in [0.3, 0.4) is 0 Å². The highest BCUT2D eigenvalue weighted by Crippen LogP contribution is 2.23. The summed E-state index contributed by atoms with van der Waals surface area (Å²) in [6, 6.07) is 17.3. The maximum absolute atomic E-state index is 12.1. The van der Waals surface area contributed by atoms with Gasteiger partial charge in [-0.25, -0.2) is 31.3 Å². The van der Waals surface area contributed by atoms with Crippen molar-refractivity contribution >= 4 is 24.2 Å². The van der Waals surface area contributed by atoms with Crippen molar-refractivity contribution in [2.75, 3.05) is 0 Å². The van der Waals surface area contributed by atoms with Gasteiger partial charge in [-0.2, -0.15) is 0 Å². The number of hydrogen-bond donors (Lipinski definition) is 6. The van der Waals surface area contributed by atoms with Crippen LogP contribution in [-0.2, 0) is 0 Å². The fourth-order valence-electron chi connectivity index (χ4n) is 1.91. The summed E-state index contributed by atoms with van der Waals surface area (Å²) in [5, 5.41) is 35.9. The van der Waals surface area contributed by atoms with Crippen LogP contribution in [0.5, 0.6) is 5.75 Å². The Labute approximate surface area is 179 Å². The van der Waals surface area contributed by atoms with Gasteiger partial charge in [-0.1, -0.05) is 30.3 Å². The number of alkyl halides is 3. The van der Waals surface area contributed by atoms with Crippen LogP contribution >= 0.6 is 12.1 Å². The molecule has 0 aliphatic rings. The number of aromatic nitrogens is 3. The van der Waals surface area contributed by atoms with E-state index in [0.29, 0.717) is 11.5 Å². The minimum atomic E-state index is -4.70. The molecule has 3 rings (SSSR count). The van der Waals surface area contributed by atoms with Crippen LogP contribution in [0.25, 0.3) is 17.1 Å². The van der Waals surface area contributed by atoms with Gasteiger partial charge in [0, 0.05) is 5.56 Å². The van der Waals surface area contributed by atoms with Crippen molar-refractivity contribution in [1.82, 2.24) is 14.8 Å². The average Bonchev–Trinajstić information content (AvgIpc) is 3.20. The molecule has 14 heteroatoms. The van der Waals surface area contributed by atoms with Gasteiger partial charge in [-0.05, 0) is 36.4 Å². The Hall–Kier alpha value is -3.80. The smallest absolute Gasteiger partial charge is 0.406 e. The van der Waals surface area contributed by atoms with Crippen LogP contribution in [0.4, 0.5) is 13.2 Å². The maximum atomic E-state index is 12.1. The molecule has 8 N–H and O–H groups in total. The summed E-state index contributed by atoms with van der Waals surface area (Å²) in [5.74, 6) is 0.260. The molecule has 0 amide bonds. The third kappa shape index (κ3) is 11.7. The molecule has 0 atom stereocenters. The van der Waals surface area contributed by atoms with Gasteiger partial charge < -0.3 is 4.74 Å². The van der Waals surface area contributed by atoms with Crippen LogP contribution in [0.15, 0.2) is 60.9 Å². The molecule has 1 aromatic heterocycles. The van der Waals surface area contributed by atoms with Gasteiger partial charge in [0.25, 0.3) is 0 Å². The second-order valence-electron chi connectivity index (χ2n) is 4.81. The van der Waals surface area contributed by atoms with Gasteiger partial charge in [0.05, 0.1) is 17.7 Å². The molecule has 0 unspecified atom stereocenters. The van der Waals surface area contributed by atoms with Crippen LogP contribution in [0.2, 0.25) is 0 Å². The molecule has 0 spiro atoms. The third-order valence-electron chi connectivity index (χ3n) is 2.86. The summed E-state index contributed by atoms with van der Waals surface area (Å²) in [6.07, 6.45) is -3.20. The second kappa shape index (κ2) is 15.1. The zero-order valence-corrected chi connectivity index (χ0v) is 16.5. The second-order valence-corrected chi connectivity index (χ2v) is 5.08. The number of rotatable bonds is 3. The van der Waals surface area contributed by atoms with E-state index in [1.54, 1.807) is 0 Å². The van der Waals surface area contributed by atoms with E-state index in [1.807, 2.05) is 30.3 Å². The van der Waals surface area contributed by atoms with Crippen molar-refractivity contribution in [3.8, 4) is 22.8 Å². The van der Waals surface area contributed by atoms with E-state index in [2.05, 4.69) is 25.1 Å². The van der Waals surface area contributed by atoms with Crippen molar-refractivity contribution < 1.29 is 17.9 Å². The lowest BCUT2D eigenvalue weighted by Crippen LogP contribution is -2.17. The molecule has 10 nitrogen and oxygen atoms in total. The Balaban J connectivity index is 0.000000864. The van der Waals surface area contributed by atoms with E-state index < -0.39 is 6.36 Å². The summed E-state index contributed by atoms with van der Waals surface area (Å²) < 4.78 is 41.6. The monoisotopic (exact) mass is 453 g/mol. The zero-order valence-electron chi connectivity index (χ0n) is 15.7. The fraction of sp³-hybridized carbons (Fsp3) is 0.0588. The van der Waals surface area contributed by atoms with E-state index in [9.17, 15) is 13.2 Å². The summed E-state index contributed by atoms with van der Waals surface area (Å²) in [7, 11) is 0. The Morgan fingerprint density at radius 3 is 1.84 bits per heavy atom. The normalized spacial score (nSPS) is 9.19. The Bertz CT molecular complexity index is 939. The van der Waals surface area contributed by atoms with E-state index in [0.717, 1.165) is 17.7 Å². The number of ether oxygens (including phenoxy) is 1. The molecule has 2 aromatic carbocycles. The van der Waals surface area contributed by atoms with E-state index in [4.69, 9.17) is 21.6 Å². The summed E-state index contributed by atoms with van der Waals surface area (Å²) in [5.41, 5.74) is 1.45. The van der Waals surface area contributed by atoms with Crippen molar-refractivity contribution in [3.63, 3.8) is 0 Å². The highest BCUT2D eigenvalue weighted by molar-refractivity contribution is 7.94. The van der Waals surface area contributed by atoms with Crippen LogP contribution < -0.4 is 15.0 Å². The van der Waals surface area contributed by atoms with Gasteiger partial charge in [-0.15, -0.1) is 18.3 Å². The maximum Gasteiger partial charge on any atom is 0.573 e. The van der Waals surface area contributed by atoms with E-state index in [1.165, 1.54) is 47.3 Å². The molecule has 164 valence electrons. The molecular formula is C17H18F3N9OS. The molecule has 0 fully saturated rings. The molecule has 0 bridgehead atoms. The number of nitrogens with one attached hydrogen (secondary N) is 4. The number of benzene rings is 2. The fourth-order valence-corrected chi connectivity index (χ4v) is 1.91. The molecule has 0 aliphatic carbocycles. The Kier molecular flexibility index (Phi) is 13.2. The van der Waals surface area contributed by atoms with Crippen LogP contribution in [0, 0.1) is 21.6 Å². The first kappa shape index (κ1) is 27.2. The number of halogens is 3. The Morgan fingerprint density at radius 2 is 1.39 bits per heavy atom. The van der Waals surface area contributed by atoms with Gasteiger partial charge in [0.1, 0.15) is 12.1 Å². The molecule has 0 aliphatic heterocycles. The SMILES string of the molecule is FC(F)(F)Oc1ccc(-n2cnc(-c3ccccc3)n2)cc1.N=C=N.N=C=N.NSN. The lowest BCUT2D eigenvalue weighted by molar-refractivity contribution is -0.274. The number of nitrogens with two attached hydrogens (primary N) is 2. The number of nitrogens with zero attached hydrogens (tertiary/aromatic N) is 3. The molecule has 1 heterocycles. The highest BCUT2D eigenvalue weighted by Gasteiger charge is 2.30. The highest BCUT2D eigenvalue weighted by atomic mass is 32.2. The first-order valence-corrected chi connectivity index (χ1v) is 8.76. The first-order valence-electron chi connectivity index (χ1n) is 7.82. The van der Waals surface area contributed by atoms with Crippen molar-refractivity contribution in [2.45, 2.75) is 6.36 Å². The quantitative estimate of drug-likeness (QED) is 0.257. The molecule has 3 aromatic rings. The average molecular weight is 453 g/mol. The standard InChI is InChI=1S/C15H10F3N3O.2CH2N2.H4N2S/c16-15(17,18)22-13-8-6-12(7-9-13)21-10-19-14(20-21)11-4-2-1-3-5-11;2*2-1-3;1-3-2/h1-10H;2*2-3H;1-2H2. The van der Waals surface area contributed by atoms with Crippen molar-refractivity contribution in [3.05, 3.63) is 60.9 Å². The first-order chi connectivity index (χ1) is 14.8. The van der Waals surface area contributed by atoms with E-state index in [-0.39, 0.29) is 5.75 Å². The summed E-state index contributed by atoms with van der Waals surface area (Å²) in [6.45, 7) is 0. The molecule has 31 heavy (non-hydrogen) atoms.